The summed E-state index contributed by atoms with van der Waals surface area (Å²) in [6, 6.07) is -0.198. The standard InChI is InChI=1S/C18H33N3O3/c1-5-18(3,4)19-16(22)14(2)21-8-6-7-15(13-21)17(23)20-9-11-24-12-10-20/h14-15H,5-13H2,1-4H3,(H,19,22). The van der Waals surface area contributed by atoms with Crippen molar-refractivity contribution in [3.8, 4) is 0 Å². The van der Waals surface area contributed by atoms with Crippen LogP contribution in [0.2, 0.25) is 0 Å². The second-order valence-corrected chi connectivity index (χ2v) is 7.67. The van der Waals surface area contributed by atoms with Crippen LogP contribution in [0.5, 0.6) is 0 Å². The van der Waals surface area contributed by atoms with Crippen LogP contribution in [0.3, 0.4) is 0 Å². The van der Waals surface area contributed by atoms with E-state index in [2.05, 4.69) is 17.1 Å². The Kier molecular flexibility index (Phi) is 6.63. The highest BCUT2D eigenvalue weighted by molar-refractivity contribution is 5.82. The summed E-state index contributed by atoms with van der Waals surface area (Å²) >= 11 is 0. The number of likely N-dealkylation sites (tertiary alicyclic amines) is 1. The Morgan fingerprint density at radius 2 is 1.92 bits per heavy atom. The summed E-state index contributed by atoms with van der Waals surface area (Å²) in [5, 5.41) is 3.12. The number of piperidine rings is 1. The first-order valence-corrected chi connectivity index (χ1v) is 9.26. The largest absolute Gasteiger partial charge is 0.378 e. The van der Waals surface area contributed by atoms with Gasteiger partial charge in [-0.15, -0.1) is 0 Å². The maximum absolute atomic E-state index is 12.7. The summed E-state index contributed by atoms with van der Waals surface area (Å²) in [6.45, 7) is 12.3. The van der Waals surface area contributed by atoms with Gasteiger partial charge in [0.2, 0.25) is 11.8 Å². The van der Waals surface area contributed by atoms with E-state index in [1.807, 2.05) is 25.7 Å². The zero-order valence-electron chi connectivity index (χ0n) is 15.6. The Balaban J connectivity index is 1.91. The molecule has 6 nitrogen and oxygen atoms in total. The van der Waals surface area contributed by atoms with Gasteiger partial charge < -0.3 is 15.0 Å². The SMILES string of the molecule is CCC(C)(C)NC(=O)C(C)N1CCCC(C(=O)N2CCOCC2)C1. The number of amides is 2. The lowest BCUT2D eigenvalue weighted by molar-refractivity contribution is -0.143. The molecule has 0 aromatic rings. The van der Waals surface area contributed by atoms with Crippen molar-refractivity contribution in [2.45, 2.75) is 58.5 Å². The molecule has 2 amide bonds. The van der Waals surface area contributed by atoms with Crippen LogP contribution in [0.1, 0.15) is 47.0 Å². The van der Waals surface area contributed by atoms with Crippen molar-refractivity contribution in [3.05, 3.63) is 0 Å². The number of hydrogen-bond acceptors (Lipinski definition) is 4. The third-order valence-corrected chi connectivity index (χ3v) is 5.40. The van der Waals surface area contributed by atoms with E-state index >= 15 is 0 Å². The quantitative estimate of drug-likeness (QED) is 0.819. The highest BCUT2D eigenvalue weighted by Crippen LogP contribution is 2.21. The smallest absolute Gasteiger partial charge is 0.237 e. The summed E-state index contributed by atoms with van der Waals surface area (Å²) < 4.78 is 5.33. The number of rotatable bonds is 5. The Morgan fingerprint density at radius 1 is 1.25 bits per heavy atom. The molecule has 0 aliphatic carbocycles. The summed E-state index contributed by atoms with van der Waals surface area (Å²) in [5.74, 6) is 0.289. The third-order valence-electron chi connectivity index (χ3n) is 5.40. The molecule has 0 aromatic heterocycles. The number of carbonyl (C=O) groups excluding carboxylic acids is 2. The molecule has 0 aromatic carbocycles. The first kappa shape index (κ1) is 19.2. The van der Waals surface area contributed by atoms with E-state index in [-0.39, 0.29) is 29.3 Å². The van der Waals surface area contributed by atoms with Crippen molar-refractivity contribution < 1.29 is 14.3 Å². The number of ether oxygens (including phenoxy) is 1. The number of nitrogens with zero attached hydrogens (tertiary/aromatic N) is 2. The van der Waals surface area contributed by atoms with Gasteiger partial charge in [-0.05, 0) is 46.6 Å². The lowest BCUT2D eigenvalue weighted by Gasteiger charge is -2.39. The van der Waals surface area contributed by atoms with Crippen molar-refractivity contribution >= 4 is 11.8 Å². The molecule has 2 unspecified atom stereocenters. The van der Waals surface area contributed by atoms with Crippen molar-refractivity contribution in [3.63, 3.8) is 0 Å². The van der Waals surface area contributed by atoms with Gasteiger partial charge in [0.25, 0.3) is 0 Å². The summed E-state index contributed by atoms with van der Waals surface area (Å²) in [7, 11) is 0. The fourth-order valence-corrected chi connectivity index (χ4v) is 3.29. The fraction of sp³-hybridized carbons (Fsp3) is 0.889. The van der Waals surface area contributed by atoms with Crippen LogP contribution in [0.25, 0.3) is 0 Å². The fourth-order valence-electron chi connectivity index (χ4n) is 3.29. The second kappa shape index (κ2) is 8.30. The predicted octanol–water partition coefficient (Wildman–Crippen LogP) is 1.25. The van der Waals surface area contributed by atoms with Gasteiger partial charge in [0.15, 0.2) is 0 Å². The van der Waals surface area contributed by atoms with E-state index in [1.165, 1.54) is 0 Å². The van der Waals surface area contributed by atoms with Crippen LogP contribution in [-0.4, -0.2) is 72.6 Å². The van der Waals surface area contributed by atoms with Crippen molar-refractivity contribution in [2.24, 2.45) is 5.92 Å². The normalized spacial score (nSPS) is 24.5. The van der Waals surface area contributed by atoms with Crippen LogP contribution in [0.15, 0.2) is 0 Å². The van der Waals surface area contributed by atoms with Gasteiger partial charge >= 0.3 is 0 Å². The Hall–Kier alpha value is -1.14. The van der Waals surface area contributed by atoms with E-state index in [1.54, 1.807) is 0 Å². The topological polar surface area (TPSA) is 61.9 Å². The molecule has 1 N–H and O–H groups in total. The Morgan fingerprint density at radius 3 is 2.54 bits per heavy atom. The molecule has 0 saturated carbocycles. The lowest BCUT2D eigenvalue weighted by Crippen LogP contribution is -2.55. The average molecular weight is 339 g/mol. The van der Waals surface area contributed by atoms with E-state index in [4.69, 9.17) is 4.74 Å². The summed E-state index contributed by atoms with van der Waals surface area (Å²) in [6.07, 6.45) is 2.78. The molecule has 24 heavy (non-hydrogen) atoms. The van der Waals surface area contributed by atoms with Gasteiger partial charge in [-0.3, -0.25) is 14.5 Å². The molecule has 0 bridgehead atoms. The Bertz CT molecular complexity index is 447. The number of hydrogen-bond donors (Lipinski definition) is 1. The summed E-state index contributed by atoms with van der Waals surface area (Å²) in [5.41, 5.74) is -0.190. The molecule has 2 saturated heterocycles. The zero-order valence-corrected chi connectivity index (χ0v) is 15.6. The van der Waals surface area contributed by atoms with Gasteiger partial charge in [-0.1, -0.05) is 6.92 Å². The minimum Gasteiger partial charge on any atom is -0.378 e. The molecule has 2 heterocycles. The van der Waals surface area contributed by atoms with E-state index in [0.717, 1.165) is 25.8 Å². The van der Waals surface area contributed by atoms with Gasteiger partial charge in [0, 0.05) is 25.2 Å². The van der Waals surface area contributed by atoms with Gasteiger partial charge in [0.1, 0.15) is 0 Å². The first-order valence-electron chi connectivity index (χ1n) is 9.26. The van der Waals surface area contributed by atoms with Crippen LogP contribution < -0.4 is 5.32 Å². The van der Waals surface area contributed by atoms with Crippen LogP contribution in [0.4, 0.5) is 0 Å². The highest BCUT2D eigenvalue weighted by atomic mass is 16.5. The van der Waals surface area contributed by atoms with E-state index in [0.29, 0.717) is 32.8 Å². The minimum atomic E-state index is -0.198. The molecule has 2 atom stereocenters. The average Bonchev–Trinajstić information content (AvgIpc) is 2.61. The molecule has 2 aliphatic rings. The molecule has 2 aliphatic heterocycles. The molecular formula is C18H33N3O3. The number of nitrogens with one attached hydrogen (secondary N) is 1. The van der Waals surface area contributed by atoms with Crippen molar-refractivity contribution in [1.29, 1.82) is 0 Å². The van der Waals surface area contributed by atoms with Gasteiger partial charge in [-0.25, -0.2) is 0 Å². The monoisotopic (exact) mass is 339 g/mol. The molecule has 0 radical (unpaired) electrons. The minimum absolute atomic E-state index is 0.00582. The summed E-state index contributed by atoms with van der Waals surface area (Å²) in [4.78, 5) is 29.3. The maximum Gasteiger partial charge on any atom is 0.237 e. The third kappa shape index (κ3) is 4.93. The lowest BCUT2D eigenvalue weighted by atomic mass is 9.94. The van der Waals surface area contributed by atoms with Crippen molar-refractivity contribution in [1.82, 2.24) is 15.1 Å². The van der Waals surface area contributed by atoms with E-state index < -0.39 is 0 Å². The van der Waals surface area contributed by atoms with E-state index in [9.17, 15) is 9.59 Å². The maximum atomic E-state index is 12.7. The molecule has 6 heteroatoms. The molecule has 2 fully saturated rings. The van der Waals surface area contributed by atoms with Gasteiger partial charge in [0.05, 0.1) is 25.2 Å². The van der Waals surface area contributed by atoms with Crippen molar-refractivity contribution in [2.75, 3.05) is 39.4 Å². The van der Waals surface area contributed by atoms with Gasteiger partial charge in [-0.2, -0.15) is 0 Å². The van der Waals surface area contributed by atoms with Crippen LogP contribution in [-0.2, 0) is 14.3 Å². The predicted molar refractivity (Wildman–Crippen MR) is 93.7 cm³/mol. The Labute approximate surface area is 145 Å². The second-order valence-electron chi connectivity index (χ2n) is 7.67. The van der Waals surface area contributed by atoms with Crippen LogP contribution in [0, 0.1) is 5.92 Å². The first-order chi connectivity index (χ1) is 11.3. The highest BCUT2D eigenvalue weighted by Gasteiger charge is 2.34. The molecule has 0 spiro atoms. The number of morpholine rings is 1. The molecular weight excluding hydrogens is 306 g/mol. The number of carbonyl (C=O) groups is 2. The molecule has 138 valence electrons. The van der Waals surface area contributed by atoms with Crippen LogP contribution >= 0.6 is 0 Å². The zero-order chi connectivity index (χ0) is 17.7. The molecule has 2 rings (SSSR count).